The van der Waals surface area contributed by atoms with Gasteiger partial charge in [0.05, 0.1) is 0 Å². The van der Waals surface area contributed by atoms with Crippen LogP contribution in [0.5, 0.6) is 5.75 Å². The zero-order valence-corrected chi connectivity index (χ0v) is 18.1. The fourth-order valence-electron chi connectivity index (χ4n) is 2.73. The Morgan fingerprint density at radius 3 is 2.27 bits per heavy atom. The average molecular weight is 421 g/mol. The summed E-state index contributed by atoms with van der Waals surface area (Å²) in [7, 11) is 0. The maximum Gasteiger partial charge on any atom is 0.334 e. The molecule has 0 saturated heterocycles. The third-order valence-corrected chi connectivity index (χ3v) is 4.42. The van der Waals surface area contributed by atoms with Gasteiger partial charge in [-0.1, -0.05) is 26.2 Å². The molecule has 0 amide bonds. The van der Waals surface area contributed by atoms with E-state index >= 15 is 0 Å². The highest BCUT2D eigenvalue weighted by Crippen LogP contribution is 2.20. The van der Waals surface area contributed by atoms with Gasteiger partial charge in [0.1, 0.15) is 24.1 Å². The van der Waals surface area contributed by atoms with Crippen LogP contribution in [0.15, 0.2) is 35.9 Å². The van der Waals surface area contributed by atoms with Crippen molar-refractivity contribution in [3.05, 3.63) is 41.5 Å². The highest BCUT2D eigenvalue weighted by Gasteiger charge is 2.25. The van der Waals surface area contributed by atoms with E-state index in [4.69, 9.17) is 14.6 Å². The first-order valence-electron chi connectivity index (χ1n) is 10.2. The number of carbonyl (C=O) groups excluding carboxylic acids is 2. The average Bonchev–Trinajstić information content (AvgIpc) is 2.67. The molecule has 7 nitrogen and oxygen atoms in total. The fraction of sp³-hybridized carbons (Fsp3) is 0.522. The van der Waals surface area contributed by atoms with Gasteiger partial charge in [-0.2, -0.15) is 0 Å². The van der Waals surface area contributed by atoms with Gasteiger partial charge in [-0.25, -0.2) is 9.59 Å². The number of aliphatic carboxylic acids is 1. The summed E-state index contributed by atoms with van der Waals surface area (Å²) in [5.41, 5.74) is -1.09. The second-order valence-electron chi connectivity index (χ2n) is 7.77. The van der Waals surface area contributed by atoms with E-state index in [-0.39, 0.29) is 18.0 Å². The highest BCUT2D eigenvalue weighted by atomic mass is 16.6. The van der Waals surface area contributed by atoms with Crippen LogP contribution in [-0.2, 0) is 14.3 Å². The van der Waals surface area contributed by atoms with E-state index in [1.807, 2.05) is 0 Å². The molecule has 0 radical (unpaired) electrons. The number of carboxylic acid groups (broad SMARTS) is 1. The molecule has 2 N–H and O–H groups in total. The molecule has 0 bridgehead atoms. The lowest BCUT2D eigenvalue weighted by Gasteiger charge is -2.20. The van der Waals surface area contributed by atoms with Gasteiger partial charge in [-0.15, -0.1) is 0 Å². The zero-order chi connectivity index (χ0) is 22.7. The van der Waals surface area contributed by atoms with Crippen molar-refractivity contribution in [1.29, 1.82) is 0 Å². The summed E-state index contributed by atoms with van der Waals surface area (Å²) in [6.45, 7) is 6.35. The zero-order valence-electron chi connectivity index (χ0n) is 18.1. The first-order valence-corrected chi connectivity index (χ1v) is 10.2. The van der Waals surface area contributed by atoms with Crippen LogP contribution < -0.4 is 4.74 Å². The molecule has 1 atom stereocenters. The molecule has 0 aromatic heterocycles. The van der Waals surface area contributed by atoms with Crippen LogP contribution in [0.25, 0.3) is 0 Å². The Morgan fingerprint density at radius 2 is 1.73 bits per heavy atom. The third-order valence-electron chi connectivity index (χ3n) is 4.42. The highest BCUT2D eigenvalue weighted by molar-refractivity contribution is 6.01. The van der Waals surface area contributed by atoms with Crippen LogP contribution in [-0.4, -0.2) is 46.2 Å². The summed E-state index contributed by atoms with van der Waals surface area (Å²) in [6, 6.07) is 6.43. The van der Waals surface area contributed by atoms with Crippen molar-refractivity contribution in [1.82, 2.24) is 0 Å². The Bertz CT molecular complexity index is 742. The van der Waals surface area contributed by atoms with Crippen LogP contribution in [0.3, 0.4) is 0 Å². The minimum atomic E-state index is -1.46. The number of esters is 1. The summed E-state index contributed by atoms with van der Waals surface area (Å²) < 4.78 is 11.2. The van der Waals surface area contributed by atoms with E-state index in [1.54, 1.807) is 24.3 Å². The Hall–Kier alpha value is -2.67. The van der Waals surface area contributed by atoms with Crippen molar-refractivity contribution in [2.45, 2.75) is 71.5 Å². The van der Waals surface area contributed by atoms with Crippen molar-refractivity contribution in [3.8, 4) is 5.75 Å². The molecular weight excluding hydrogens is 388 g/mol. The minimum absolute atomic E-state index is 0.00159. The molecule has 0 fully saturated rings. The number of hydrogen-bond acceptors (Lipinski definition) is 6. The van der Waals surface area contributed by atoms with Crippen molar-refractivity contribution in [2.24, 2.45) is 0 Å². The molecule has 0 saturated carbocycles. The summed E-state index contributed by atoms with van der Waals surface area (Å²) in [4.78, 5) is 34.8. The van der Waals surface area contributed by atoms with Crippen molar-refractivity contribution >= 4 is 17.7 Å². The third kappa shape index (κ3) is 9.22. The number of ether oxygens (including phenoxy) is 2. The summed E-state index contributed by atoms with van der Waals surface area (Å²) in [6.07, 6.45) is 5.18. The summed E-state index contributed by atoms with van der Waals surface area (Å²) in [5, 5.41) is 18.6. The van der Waals surface area contributed by atoms with Crippen LogP contribution in [0.1, 0.15) is 70.2 Å². The smallest absolute Gasteiger partial charge is 0.334 e. The lowest BCUT2D eigenvalue weighted by Crippen LogP contribution is -2.31. The van der Waals surface area contributed by atoms with Gasteiger partial charge in [0, 0.05) is 17.2 Å². The first-order chi connectivity index (χ1) is 14.0. The van der Waals surface area contributed by atoms with Gasteiger partial charge in [-0.3, -0.25) is 4.79 Å². The van der Waals surface area contributed by atoms with E-state index in [1.165, 1.54) is 20.8 Å². The Morgan fingerprint density at radius 1 is 1.10 bits per heavy atom. The van der Waals surface area contributed by atoms with Crippen LogP contribution in [0.2, 0.25) is 0 Å². The van der Waals surface area contributed by atoms with Gasteiger partial charge in [0.2, 0.25) is 0 Å². The maximum atomic E-state index is 12.1. The number of Topliss-reactive ketones (excluding diaryl/α,β-unsaturated/α-hetero) is 1. The molecule has 30 heavy (non-hydrogen) atoms. The summed E-state index contributed by atoms with van der Waals surface area (Å²) >= 11 is 0. The van der Waals surface area contributed by atoms with Gasteiger partial charge in [0.25, 0.3) is 0 Å². The number of hydrogen-bond donors (Lipinski definition) is 2. The molecule has 0 spiro atoms. The molecule has 1 rings (SSSR count). The Balaban J connectivity index is 2.79. The van der Waals surface area contributed by atoms with Gasteiger partial charge in [0.15, 0.2) is 5.78 Å². The second kappa shape index (κ2) is 12.1. The number of benzene rings is 1. The predicted octanol–water partition coefficient (Wildman–Crippen LogP) is 3.93. The number of carboxylic acids is 1. The number of unbranched alkanes of at least 4 members (excludes halogenated alkanes) is 3. The van der Waals surface area contributed by atoms with E-state index in [2.05, 4.69) is 6.92 Å². The monoisotopic (exact) mass is 420 g/mol. The largest absolute Gasteiger partial charge is 0.487 e. The fourth-order valence-corrected chi connectivity index (χ4v) is 2.73. The van der Waals surface area contributed by atoms with Crippen LogP contribution in [0, 0.1) is 0 Å². The van der Waals surface area contributed by atoms with Gasteiger partial charge < -0.3 is 19.7 Å². The van der Waals surface area contributed by atoms with Gasteiger partial charge >= 0.3 is 11.9 Å². The Kier molecular flexibility index (Phi) is 10.3. The molecule has 1 aromatic carbocycles. The van der Waals surface area contributed by atoms with E-state index in [9.17, 15) is 19.5 Å². The van der Waals surface area contributed by atoms with Crippen molar-refractivity contribution in [3.63, 3.8) is 0 Å². The number of aliphatic hydroxyl groups is 1. The quantitative estimate of drug-likeness (QED) is 0.215. The van der Waals surface area contributed by atoms with E-state index in [0.29, 0.717) is 17.7 Å². The number of carbonyl (C=O) groups is 3. The SMILES string of the molecule is CCCCCCC(COC(=O)/C(C)=C/C(=O)O)Oc1ccc(C(=O)C(C)(C)O)cc1. The number of ketones is 1. The maximum absolute atomic E-state index is 12.1. The Labute approximate surface area is 177 Å². The summed E-state index contributed by atoms with van der Waals surface area (Å²) in [5.74, 6) is -1.79. The molecule has 0 heterocycles. The van der Waals surface area contributed by atoms with Crippen molar-refractivity contribution < 1.29 is 34.1 Å². The lowest BCUT2D eigenvalue weighted by atomic mass is 9.97. The molecule has 0 aliphatic rings. The molecule has 1 aromatic rings. The molecular formula is C23H32O7. The van der Waals surface area contributed by atoms with E-state index in [0.717, 1.165) is 31.8 Å². The molecule has 1 unspecified atom stereocenters. The topological polar surface area (TPSA) is 110 Å². The van der Waals surface area contributed by atoms with Crippen molar-refractivity contribution in [2.75, 3.05) is 6.61 Å². The molecule has 7 heteroatoms. The normalized spacial score (nSPS) is 12.9. The van der Waals surface area contributed by atoms with Gasteiger partial charge in [-0.05, 0) is 57.9 Å². The lowest BCUT2D eigenvalue weighted by molar-refractivity contribution is -0.142. The predicted molar refractivity (Wildman–Crippen MR) is 113 cm³/mol. The van der Waals surface area contributed by atoms with E-state index < -0.39 is 23.6 Å². The molecule has 0 aliphatic heterocycles. The minimum Gasteiger partial charge on any atom is -0.487 e. The standard InChI is InChI=1S/C23H32O7/c1-5-6-7-8-9-19(15-29-22(27)16(2)14-20(24)25)30-18-12-10-17(11-13-18)21(26)23(3,4)28/h10-14,19,28H,5-9,15H2,1-4H3,(H,24,25)/b16-14+. The first kappa shape index (κ1) is 25.4. The number of rotatable bonds is 13. The second-order valence-corrected chi connectivity index (χ2v) is 7.77. The van der Waals surface area contributed by atoms with Crippen LogP contribution >= 0.6 is 0 Å². The molecule has 0 aliphatic carbocycles. The van der Waals surface area contributed by atoms with Crippen LogP contribution in [0.4, 0.5) is 0 Å². The molecule has 166 valence electrons.